The Balaban J connectivity index is 1.90. The molecule has 0 saturated heterocycles. The summed E-state index contributed by atoms with van der Waals surface area (Å²) in [4.78, 5) is 6.62. The van der Waals surface area contributed by atoms with Gasteiger partial charge < -0.3 is 5.11 Å². The number of aliphatic hydroxyl groups is 1. The average Bonchev–Trinajstić information content (AvgIpc) is 2.86. The number of pyridine rings is 1. The largest absolute Gasteiger partial charge is 0.395 e. The molecule has 0 atom stereocenters. The zero-order valence-electron chi connectivity index (χ0n) is 9.80. The lowest BCUT2D eigenvalue weighted by Crippen LogP contribution is -1.78. The van der Waals surface area contributed by atoms with E-state index in [-0.39, 0.29) is 6.61 Å². The Labute approximate surface area is 115 Å². The fourth-order valence-corrected chi connectivity index (χ4v) is 3.09. The van der Waals surface area contributed by atoms with E-state index in [1.54, 1.807) is 23.1 Å². The molecule has 0 amide bonds. The number of rotatable bonds is 4. The van der Waals surface area contributed by atoms with E-state index in [1.807, 2.05) is 30.5 Å². The molecular formula is C14H13NOS2. The van der Waals surface area contributed by atoms with Gasteiger partial charge in [-0.2, -0.15) is 0 Å². The summed E-state index contributed by atoms with van der Waals surface area (Å²) >= 11 is 3.43. The third kappa shape index (κ3) is 4.19. The molecule has 0 unspecified atom stereocenters. The lowest BCUT2D eigenvalue weighted by molar-refractivity contribution is 0.305. The predicted octanol–water partition coefficient (Wildman–Crippen LogP) is 3.17. The molecule has 0 spiro atoms. The maximum Gasteiger partial charge on any atom is 0.0963 e. The molecule has 0 aliphatic carbocycles. The molecule has 18 heavy (non-hydrogen) atoms. The molecule has 0 aromatic carbocycles. The number of aromatic nitrogens is 1. The van der Waals surface area contributed by atoms with Crippen LogP contribution in [0.1, 0.15) is 16.2 Å². The van der Waals surface area contributed by atoms with Crippen molar-refractivity contribution in [3.63, 3.8) is 0 Å². The molecule has 4 heteroatoms. The molecule has 1 N–H and O–H groups in total. The molecule has 0 aliphatic rings. The number of hydrogen-bond donors (Lipinski definition) is 1. The summed E-state index contributed by atoms with van der Waals surface area (Å²) in [6.45, 7) is 0.126. The minimum Gasteiger partial charge on any atom is -0.395 e. The summed E-state index contributed by atoms with van der Waals surface area (Å²) in [5.74, 6) is 6.90. The predicted molar refractivity (Wildman–Crippen MR) is 76.7 cm³/mol. The highest BCUT2D eigenvalue weighted by Crippen LogP contribution is 2.25. The first kappa shape index (κ1) is 13.2. The second kappa shape index (κ2) is 7.22. The molecule has 92 valence electrons. The average molecular weight is 275 g/mol. The maximum absolute atomic E-state index is 8.65. The number of thiophene rings is 1. The van der Waals surface area contributed by atoms with Crippen LogP contribution in [0.4, 0.5) is 0 Å². The van der Waals surface area contributed by atoms with Gasteiger partial charge in [-0.3, -0.25) is 0 Å². The van der Waals surface area contributed by atoms with E-state index < -0.39 is 0 Å². The van der Waals surface area contributed by atoms with Crippen molar-refractivity contribution in [2.75, 3.05) is 6.61 Å². The van der Waals surface area contributed by atoms with Crippen molar-refractivity contribution in [1.29, 1.82) is 0 Å². The van der Waals surface area contributed by atoms with Gasteiger partial charge in [-0.05, 0) is 24.3 Å². The third-order valence-corrected chi connectivity index (χ3v) is 4.29. The third-order valence-electron chi connectivity index (χ3n) is 2.11. The standard InChI is InChI=1S/C14H13NOS2/c16-10-4-2-5-12-7-8-13(18-12)11-17-14-6-1-3-9-15-14/h1,3,6-9,16H,4,10-11H2. The minimum atomic E-state index is 0.126. The van der Waals surface area contributed by atoms with Crippen molar-refractivity contribution in [3.05, 3.63) is 46.3 Å². The Morgan fingerprint density at radius 2 is 2.22 bits per heavy atom. The van der Waals surface area contributed by atoms with Crippen LogP contribution in [0.15, 0.2) is 41.6 Å². The summed E-state index contributed by atoms with van der Waals surface area (Å²) in [7, 11) is 0. The Morgan fingerprint density at radius 3 is 3.00 bits per heavy atom. The van der Waals surface area contributed by atoms with E-state index in [9.17, 15) is 0 Å². The first-order valence-electron chi connectivity index (χ1n) is 5.61. The van der Waals surface area contributed by atoms with E-state index >= 15 is 0 Å². The van der Waals surface area contributed by atoms with Crippen molar-refractivity contribution < 1.29 is 5.11 Å². The highest BCUT2D eigenvalue weighted by atomic mass is 32.2. The number of hydrogen-bond acceptors (Lipinski definition) is 4. The van der Waals surface area contributed by atoms with Gasteiger partial charge in [0.2, 0.25) is 0 Å². The van der Waals surface area contributed by atoms with Gasteiger partial charge >= 0.3 is 0 Å². The van der Waals surface area contributed by atoms with Crippen LogP contribution in [0.3, 0.4) is 0 Å². The fourth-order valence-electron chi connectivity index (χ4n) is 1.31. The quantitative estimate of drug-likeness (QED) is 0.687. The highest BCUT2D eigenvalue weighted by molar-refractivity contribution is 7.98. The van der Waals surface area contributed by atoms with E-state index in [4.69, 9.17) is 5.11 Å². The van der Waals surface area contributed by atoms with Gasteiger partial charge in [-0.15, -0.1) is 23.1 Å². The molecule has 2 heterocycles. The normalized spacial score (nSPS) is 9.83. The van der Waals surface area contributed by atoms with Crippen LogP contribution in [-0.4, -0.2) is 16.7 Å². The van der Waals surface area contributed by atoms with Gasteiger partial charge in [-0.1, -0.05) is 17.9 Å². The van der Waals surface area contributed by atoms with Crippen molar-refractivity contribution in [2.45, 2.75) is 17.2 Å². The van der Waals surface area contributed by atoms with Crippen molar-refractivity contribution in [2.24, 2.45) is 0 Å². The summed E-state index contributed by atoms with van der Waals surface area (Å²) in [5.41, 5.74) is 0. The lowest BCUT2D eigenvalue weighted by Gasteiger charge is -1.96. The maximum atomic E-state index is 8.65. The smallest absolute Gasteiger partial charge is 0.0963 e. The van der Waals surface area contributed by atoms with Crippen molar-refractivity contribution in [3.8, 4) is 11.8 Å². The molecule has 2 nitrogen and oxygen atoms in total. The number of thioether (sulfide) groups is 1. The topological polar surface area (TPSA) is 33.1 Å². The molecule has 2 aromatic heterocycles. The van der Waals surface area contributed by atoms with Crippen LogP contribution in [0.2, 0.25) is 0 Å². The summed E-state index contributed by atoms with van der Waals surface area (Å²) in [6, 6.07) is 10.1. The first-order chi connectivity index (χ1) is 8.88. The van der Waals surface area contributed by atoms with Crippen LogP contribution in [0.5, 0.6) is 0 Å². The first-order valence-corrected chi connectivity index (χ1v) is 7.41. The SMILES string of the molecule is OCCC#Cc1ccc(CSc2ccccn2)s1. The second-order valence-corrected chi connectivity index (χ2v) is 5.66. The van der Waals surface area contributed by atoms with Crippen LogP contribution in [0, 0.1) is 11.8 Å². The Hall–Kier alpha value is -1.28. The van der Waals surface area contributed by atoms with Gasteiger partial charge in [0, 0.05) is 23.2 Å². The zero-order chi connectivity index (χ0) is 12.6. The molecule has 0 saturated carbocycles. The Bertz CT molecular complexity index is 540. The zero-order valence-corrected chi connectivity index (χ0v) is 11.4. The van der Waals surface area contributed by atoms with Gasteiger partial charge in [0.05, 0.1) is 16.5 Å². The Morgan fingerprint density at radius 1 is 1.28 bits per heavy atom. The van der Waals surface area contributed by atoms with Crippen LogP contribution < -0.4 is 0 Å². The molecule has 0 aliphatic heterocycles. The van der Waals surface area contributed by atoms with Gasteiger partial charge in [0.25, 0.3) is 0 Å². The van der Waals surface area contributed by atoms with Gasteiger partial charge in [0.1, 0.15) is 0 Å². The molecule has 2 rings (SSSR count). The van der Waals surface area contributed by atoms with Crippen LogP contribution >= 0.6 is 23.1 Å². The fraction of sp³-hybridized carbons (Fsp3) is 0.214. The van der Waals surface area contributed by atoms with Crippen LogP contribution in [0.25, 0.3) is 0 Å². The van der Waals surface area contributed by atoms with E-state index in [0.29, 0.717) is 6.42 Å². The highest BCUT2D eigenvalue weighted by Gasteiger charge is 2.00. The minimum absolute atomic E-state index is 0.126. The summed E-state index contributed by atoms with van der Waals surface area (Å²) in [6.07, 6.45) is 2.35. The Kier molecular flexibility index (Phi) is 5.28. The summed E-state index contributed by atoms with van der Waals surface area (Å²) < 4.78 is 0. The summed E-state index contributed by atoms with van der Waals surface area (Å²) in [5, 5.41) is 9.69. The van der Waals surface area contributed by atoms with E-state index in [2.05, 4.69) is 22.9 Å². The van der Waals surface area contributed by atoms with Crippen molar-refractivity contribution >= 4 is 23.1 Å². The molecule has 0 radical (unpaired) electrons. The molecule has 2 aromatic rings. The van der Waals surface area contributed by atoms with Crippen molar-refractivity contribution in [1.82, 2.24) is 4.98 Å². The van der Waals surface area contributed by atoms with Gasteiger partial charge in [-0.25, -0.2) is 4.98 Å². The van der Waals surface area contributed by atoms with Gasteiger partial charge in [0.15, 0.2) is 0 Å². The molecule has 0 bridgehead atoms. The molecule has 0 fully saturated rings. The lowest BCUT2D eigenvalue weighted by atomic mass is 10.4. The second-order valence-electron chi connectivity index (χ2n) is 3.50. The van der Waals surface area contributed by atoms with E-state index in [1.165, 1.54) is 4.88 Å². The van der Waals surface area contributed by atoms with E-state index in [0.717, 1.165) is 15.7 Å². The molecular weight excluding hydrogens is 262 g/mol. The monoisotopic (exact) mass is 275 g/mol. The number of nitrogens with zero attached hydrogens (tertiary/aromatic N) is 1. The number of aliphatic hydroxyl groups excluding tert-OH is 1. The van der Waals surface area contributed by atoms with Crippen LogP contribution in [-0.2, 0) is 5.75 Å².